The summed E-state index contributed by atoms with van der Waals surface area (Å²) in [6.45, 7) is 2.87. The number of carbonyl (C=O) groups excluding carboxylic acids is 3. The minimum absolute atomic E-state index is 0.107. The van der Waals surface area contributed by atoms with E-state index in [0.717, 1.165) is 49.9 Å². The minimum Gasteiger partial charge on any atom is -0.465 e. The number of carbonyl (C=O) groups is 3. The van der Waals surface area contributed by atoms with Crippen LogP contribution >= 0.6 is 0 Å². The number of benzene rings is 2. The second-order valence-corrected chi connectivity index (χ2v) is 9.87. The molecule has 0 aliphatic carbocycles. The molecule has 3 saturated heterocycles. The molecule has 0 saturated carbocycles. The molecule has 1 N–H and O–H groups in total. The first-order valence-electron chi connectivity index (χ1n) is 12.1. The van der Waals surface area contributed by atoms with Gasteiger partial charge in [0.25, 0.3) is 0 Å². The quantitative estimate of drug-likeness (QED) is 0.707. The fourth-order valence-corrected chi connectivity index (χ4v) is 5.47. The van der Waals surface area contributed by atoms with Gasteiger partial charge in [-0.3, -0.25) is 4.79 Å². The smallest absolute Gasteiger partial charge is 0.337 e. The number of nitrogens with zero attached hydrogens (tertiary/aromatic N) is 2. The van der Waals surface area contributed by atoms with Gasteiger partial charge in [-0.1, -0.05) is 36.4 Å². The van der Waals surface area contributed by atoms with Gasteiger partial charge in [0.15, 0.2) is 0 Å². The van der Waals surface area contributed by atoms with Gasteiger partial charge < -0.3 is 19.9 Å². The zero-order valence-corrected chi connectivity index (χ0v) is 19.6. The van der Waals surface area contributed by atoms with Crippen molar-refractivity contribution in [2.45, 2.75) is 37.6 Å². The molecule has 1 spiro atoms. The van der Waals surface area contributed by atoms with E-state index in [1.807, 2.05) is 28.0 Å². The van der Waals surface area contributed by atoms with Crippen molar-refractivity contribution < 1.29 is 19.1 Å². The number of likely N-dealkylation sites (tertiary alicyclic amines) is 2. The van der Waals surface area contributed by atoms with Crippen LogP contribution in [0.5, 0.6) is 0 Å². The molecule has 0 atom stereocenters. The van der Waals surface area contributed by atoms with Gasteiger partial charge in [-0.15, -0.1) is 0 Å². The van der Waals surface area contributed by atoms with Crippen LogP contribution in [0.1, 0.15) is 41.6 Å². The molecule has 0 radical (unpaired) electrons. The van der Waals surface area contributed by atoms with E-state index in [1.165, 1.54) is 12.7 Å². The first-order chi connectivity index (χ1) is 16.4. The third kappa shape index (κ3) is 4.52. The highest BCUT2D eigenvalue weighted by Crippen LogP contribution is 2.32. The Kier molecular flexibility index (Phi) is 6.02. The van der Waals surface area contributed by atoms with E-state index in [4.69, 9.17) is 4.74 Å². The summed E-state index contributed by atoms with van der Waals surface area (Å²) < 4.78 is 4.82. The number of rotatable bonds is 4. The molecule has 2 aromatic carbocycles. The molecule has 7 heteroatoms. The van der Waals surface area contributed by atoms with Crippen molar-refractivity contribution in [1.82, 2.24) is 15.1 Å². The van der Waals surface area contributed by atoms with E-state index >= 15 is 0 Å². The summed E-state index contributed by atoms with van der Waals surface area (Å²) in [5, 5.41) is 3.04. The Bertz CT molecular complexity index is 1080. The highest BCUT2D eigenvalue weighted by molar-refractivity contribution is 5.91. The molecule has 5 rings (SSSR count). The van der Waals surface area contributed by atoms with Crippen LogP contribution in [-0.2, 0) is 16.0 Å². The van der Waals surface area contributed by atoms with Crippen LogP contribution in [0.3, 0.4) is 0 Å². The van der Waals surface area contributed by atoms with Crippen molar-refractivity contribution in [3.8, 4) is 11.1 Å². The number of hydrogen-bond donors (Lipinski definition) is 1. The van der Waals surface area contributed by atoms with Crippen molar-refractivity contribution in [3.63, 3.8) is 0 Å². The molecule has 3 aliphatic rings. The molecule has 7 nitrogen and oxygen atoms in total. The summed E-state index contributed by atoms with van der Waals surface area (Å²) in [5.74, 6) is 0.340. The predicted molar refractivity (Wildman–Crippen MR) is 128 cm³/mol. The summed E-state index contributed by atoms with van der Waals surface area (Å²) >= 11 is 0. The lowest BCUT2D eigenvalue weighted by Crippen LogP contribution is -2.70. The highest BCUT2D eigenvalue weighted by atomic mass is 16.5. The molecule has 3 amide bonds. The average molecular weight is 462 g/mol. The van der Waals surface area contributed by atoms with Gasteiger partial charge in [-0.25, -0.2) is 9.59 Å². The van der Waals surface area contributed by atoms with Crippen molar-refractivity contribution in [1.29, 1.82) is 0 Å². The molecule has 0 aromatic heterocycles. The maximum Gasteiger partial charge on any atom is 0.337 e. The topological polar surface area (TPSA) is 79.0 Å². The van der Waals surface area contributed by atoms with Gasteiger partial charge in [0.05, 0.1) is 18.2 Å². The van der Waals surface area contributed by atoms with Gasteiger partial charge in [-0.05, 0) is 60.4 Å². The maximum atomic E-state index is 12.8. The van der Waals surface area contributed by atoms with E-state index in [-0.39, 0.29) is 23.4 Å². The first-order valence-corrected chi connectivity index (χ1v) is 12.1. The van der Waals surface area contributed by atoms with Crippen LogP contribution in [0.2, 0.25) is 0 Å². The second-order valence-electron chi connectivity index (χ2n) is 9.87. The van der Waals surface area contributed by atoms with Crippen LogP contribution in [0.25, 0.3) is 11.1 Å². The Morgan fingerprint density at radius 3 is 2.41 bits per heavy atom. The normalized spacial score (nSPS) is 19.6. The number of urea groups is 1. The number of methoxy groups -OCH3 is 1. The fraction of sp³-hybridized carbons (Fsp3) is 0.444. The standard InChI is InChI=1S/C27H31N3O4/c1-34-25(32)23-4-2-3-22(16-23)21-7-5-19(6-8-21)15-20-10-13-29(14-11-20)26(33)30-17-27(18-30)12-9-24(31)28-27/h2-8,16,20H,9-15,17-18H2,1H3,(H,28,31). The largest absolute Gasteiger partial charge is 0.465 e. The summed E-state index contributed by atoms with van der Waals surface area (Å²) in [4.78, 5) is 40.0. The van der Waals surface area contributed by atoms with E-state index in [0.29, 0.717) is 31.0 Å². The minimum atomic E-state index is -0.331. The summed E-state index contributed by atoms with van der Waals surface area (Å²) in [7, 11) is 1.39. The number of nitrogens with one attached hydrogen (secondary N) is 1. The van der Waals surface area contributed by atoms with Gasteiger partial charge >= 0.3 is 12.0 Å². The third-order valence-electron chi connectivity index (χ3n) is 7.47. The fourth-order valence-electron chi connectivity index (χ4n) is 5.47. The van der Waals surface area contributed by atoms with Gasteiger partial charge in [-0.2, -0.15) is 0 Å². The Hall–Kier alpha value is -3.35. The van der Waals surface area contributed by atoms with Crippen molar-refractivity contribution in [2.24, 2.45) is 5.92 Å². The number of hydrogen-bond acceptors (Lipinski definition) is 4. The van der Waals surface area contributed by atoms with E-state index in [1.54, 1.807) is 6.07 Å². The van der Waals surface area contributed by atoms with E-state index < -0.39 is 0 Å². The molecule has 178 valence electrons. The monoisotopic (exact) mass is 461 g/mol. The molecule has 2 aromatic rings. The lowest BCUT2D eigenvalue weighted by Gasteiger charge is -2.49. The van der Waals surface area contributed by atoms with Gasteiger partial charge in [0.2, 0.25) is 5.91 Å². The Labute approximate surface area is 200 Å². The van der Waals surface area contributed by atoms with Crippen LogP contribution in [0, 0.1) is 5.92 Å². The Balaban J connectivity index is 1.11. The zero-order chi connectivity index (χ0) is 23.7. The van der Waals surface area contributed by atoms with Crippen molar-refractivity contribution >= 4 is 17.9 Å². The molecular formula is C27H31N3O4. The molecule has 0 unspecified atom stereocenters. The third-order valence-corrected chi connectivity index (χ3v) is 7.47. The maximum absolute atomic E-state index is 12.8. The molecular weight excluding hydrogens is 430 g/mol. The first kappa shape index (κ1) is 22.4. The van der Waals surface area contributed by atoms with Crippen LogP contribution < -0.4 is 5.32 Å². The molecule has 3 heterocycles. The zero-order valence-electron chi connectivity index (χ0n) is 19.6. The lowest BCUT2D eigenvalue weighted by atomic mass is 9.88. The summed E-state index contributed by atoms with van der Waals surface area (Å²) in [6, 6.07) is 16.1. The Morgan fingerprint density at radius 1 is 1.03 bits per heavy atom. The molecule has 3 aliphatic heterocycles. The number of piperidine rings is 1. The second kappa shape index (κ2) is 9.12. The average Bonchev–Trinajstić information content (AvgIpc) is 3.25. The Morgan fingerprint density at radius 2 is 1.76 bits per heavy atom. The number of esters is 1. The molecule has 0 bridgehead atoms. The molecule has 3 fully saturated rings. The van der Waals surface area contributed by atoms with Gasteiger partial charge in [0, 0.05) is 32.6 Å². The summed E-state index contributed by atoms with van der Waals surface area (Å²) in [6.07, 6.45) is 4.43. The summed E-state index contributed by atoms with van der Waals surface area (Å²) in [5.41, 5.74) is 3.75. The van der Waals surface area contributed by atoms with Crippen molar-refractivity contribution in [2.75, 3.05) is 33.3 Å². The van der Waals surface area contributed by atoms with Crippen LogP contribution in [-0.4, -0.2) is 66.5 Å². The SMILES string of the molecule is COC(=O)c1cccc(-c2ccc(CC3CCN(C(=O)N4CC5(CCC(=O)N5)C4)CC3)cc2)c1. The van der Waals surface area contributed by atoms with E-state index in [9.17, 15) is 14.4 Å². The van der Waals surface area contributed by atoms with Crippen LogP contribution in [0.15, 0.2) is 48.5 Å². The van der Waals surface area contributed by atoms with Crippen LogP contribution in [0.4, 0.5) is 4.79 Å². The van der Waals surface area contributed by atoms with Gasteiger partial charge in [0.1, 0.15) is 0 Å². The van der Waals surface area contributed by atoms with E-state index in [2.05, 4.69) is 29.6 Å². The predicted octanol–water partition coefficient (Wildman–Crippen LogP) is 3.48. The number of amides is 3. The lowest BCUT2D eigenvalue weighted by molar-refractivity contribution is -0.120. The highest BCUT2D eigenvalue weighted by Gasteiger charge is 2.50. The van der Waals surface area contributed by atoms with Crippen molar-refractivity contribution in [3.05, 3.63) is 59.7 Å². The number of ether oxygens (including phenoxy) is 1. The molecule has 34 heavy (non-hydrogen) atoms.